The monoisotopic (exact) mass is 228 g/mol. The summed E-state index contributed by atoms with van der Waals surface area (Å²) in [5.74, 6) is -0.317. The molecule has 94 valence electrons. The smallest absolute Gasteiger partial charge is 0.170 e. The van der Waals surface area contributed by atoms with Crippen LogP contribution < -0.4 is 5.73 Å². The van der Waals surface area contributed by atoms with Crippen molar-refractivity contribution < 1.29 is 9.47 Å². The summed E-state index contributed by atoms with van der Waals surface area (Å²) in [5, 5.41) is 0. The summed E-state index contributed by atoms with van der Waals surface area (Å²) in [4.78, 5) is 2.36. The fourth-order valence-corrected chi connectivity index (χ4v) is 2.91. The molecule has 1 saturated heterocycles. The minimum atomic E-state index is -0.317. The molecule has 2 fully saturated rings. The van der Waals surface area contributed by atoms with Crippen molar-refractivity contribution in [1.82, 2.24) is 4.90 Å². The molecule has 1 spiro atoms. The van der Waals surface area contributed by atoms with Crippen molar-refractivity contribution in [3.63, 3.8) is 0 Å². The van der Waals surface area contributed by atoms with Crippen LogP contribution in [0.4, 0.5) is 0 Å². The van der Waals surface area contributed by atoms with Gasteiger partial charge in [-0.2, -0.15) is 0 Å². The third-order valence-corrected chi connectivity index (χ3v) is 3.83. The van der Waals surface area contributed by atoms with E-state index in [-0.39, 0.29) is 11.8 Å². The van der Waals surface area contributed by atoms with E-state index < -0.39 is 0 Å². The average molecular weight is 228 g/mol. The second kappa shape index (κ2) is 5.00. The SMILES string of the molecule is CCCN(C)C1CC2(CCC1N)OCCO2. The van der Waals surface area contributed by atoms with E-state index in [9.17, 15) is 0 Å². The van der Waals surface area contributed by atoms with Crippen LogP contribution in [-0.4, -0.2) is 49.6 Å². The van der Waals surface area contributed by atoms with E-state index in [1.807, 2.05) is 0 Å². The second-order valence-corrected chi connectivity index (χ2v) is 5.06. The van der Waals surface area contributed by atoms with Gasteiger partial charge in [0.1, 0.15) is 0 Å². The van der Waals surface area contributed by atoms with Crippen LogP contribution in [0.2, 0.25) is 0 Å². The van der Waals surface area contributed by atoms with Crippen LogP contribution in [0.25, 0.3) is 0 Å². The Kier molecular flexibility index (Phi) is 3.85. The number of nitrogens with two attached hydrogens (primary N) is 1. The number of likely N-dealkylation sites (N-methyl/N-ethyl adjacent to an activating group) is 1. The van der Waals surface area contributed by atoms with E-state index in [1.54, 1.807) is 0 Å². The highest BCUT2D eigenvalue weighted by Crippen LogP contribution is 2.36. The van der Waals surface area contributed by atoms with Gasteiger partial charge < -0.3 is 20.1 Å². The van der Waals surface area contributed by atoms with E-state index in [4.69, 9.17) is 15.2 Å². The lowest BCUT2D eigenvalue weighted by molar-refractivity contribution is -0.190. The van der Waals surface area contributed by atoms with Gasteiger partial charge in [0, 0.05) is 24.9 Å². The molecule has 2 aliphatic rings. The molecule has 1 aliphatic heterocycles. The molecule has 0 amide bonds. The van der Waals surface area contributed by atoms with Gasteiger partial charge in [-0.3, -0.25) is 0 Å². The molecule has 2 rings (SSSR count). The Hall–Kier alpha value is -0.160. The summed E-state index contributed by atoms with van der Waals surface area (Å²) in [6.07, 6.45) is 4.03. The fourth-order valence-electron chi connectivity index (χ4n) is 2.91. The summed E-state index contributed by atoms with van der Waals surface area (Å²) in [7, 11) is 2.15. The number of hydrogen-bond donors (Lipinski definition) is 1. The van der Waals surface area contributed by atoms with Crippen molar-refractivity contribution in [2.45, 2.75) is 50.5 Å². The van der Waals surface area contributed by atoms with Gasteiger partial charge in [-0.1, -0.05) is 6.92 Å². The highest BCUT2D eigenvalue weighted by atomic mass is 16.7. The Bertz CT molecular complexity index is 229. The molecule has 2 unspecified atom stereocenters. The topological polar surface area (TPSA) is 47.7 Å². The Labute approximate surface area is 98.1 Å². The molecule has 0 bridgehead atoms. The van der Waals surface area contributed by atoms with Gasteiger partial charge in [-0.05, 0) is 26.4 Å². The zero-order valence-electron chi connectivity index (χ0n) is 10.4. The van der Waals surface area contributed by atoms with Crippen molar-refractivity contribution in [1.29, 1.82) is 0 Å². The second-order valence-electron chi connectivity index (χ2n) is 5.06. The van der Waals surface area contributed by atoms with Crippen molar-refractivity contribution in [3.8, 4) is 0 Å². The summed E-state index contributed by atoms with van der Waals surface area (Å²) < 4.78 is 11.6. The van der Waals surface area contributed by atoms with Gasteiger partial charge in [0.15, 0.2) is 5.79 Å². The molecule has 2 atom stereocenters. The minimum Gasteiger partial charge on any atom is -0.347 e. The molecule has 16 heavy (non-hydrogen) atoms. The molecule has 1 heterocycles. The first-order valence-corrected chi connectivity index (χ1v) is 6.40. The van der Waals surface area contributed by atoms with Crippen LogP contribution in [0, 0.1) is 0 Å². The Balaban J connectivity index is 1.99. The first-order chi connectivity index (χ1) is 7.67. The molecular formula is C12H24N2O2. The minimum absolute atomic E-state index is 0.259. The van der Waals surface area contributed by atoms with Gasteiger partial charge in [0.05, 0.1) is 13.2 Å². The third kappa shape index (κ3) is 2.40. The van der Waals surface area contributed by atoms with Crippen LogP contribution in [0.5, 0.6) is 0 Å². The van der Waals surface area contributed by atoms with Gasteiger partial charge >= 0.3 is 0 Å². The Morgan fingerprint density at radius 1 is 1.38 bits per heavy atom. The van der Waals surface area contributed by atoms with E-state index in [2.05, 4.69) is 18.9 Å². The molecule has 0 aromatic carbocycles. The van der Waals surface area contributed by atoms with E-state index in [1.165, 1.54) is 0 Å². The predicted octanol–water partition coefficient (Wildman–Crippen LogP) is 0.951. The molecule has 0 radical (unpaired) electrons. The Morgan fingerprint density at radius 2 is 2.06 bits per heavy atom. The van der Waals surface area contributed by atoms with Crippen LogP contribution >= 0.6 is 0 Å². The predicted molar refractivity (Wildman–Crippen MR) is 63.2 cm³/mol. The maximum atomic E-state index is 6.21. The lowest BCUT2D eigenvalue weighted by Gasteiger charge is -2.43. The lowest BCUT2D eigenvalue weighted by atomic mass is 9.85. The van der Waals surface area contributed by atoms with Crippen molar-refractivity contribution in [3.05, 3.63) is 0 Å². The quantitative estimate of drug-likeness (QED) is 0.781. The number of hydrogen-bond acceptors (Lipinski definition) is 4. The first kappa shape index (κ1) is 12.3. The van der Waals surface area contributed by atoms with Crippen LogP contribution in [-0.2, 0) is 9.47 Å². The maximum Gasteiger partial charge on any atom is 0.170 e. The summed E-state index contributed by atoms with van der Waals surface area (Å²) in [6, 6.07) is 0.654. The molecule has 2 N–H and O–H groups in total. The van der Waals surface area contributed by atoms with Crippen molar-refractivity contribution >= 4 is 0 Å². The standard InChI is InChI=1S/C12H24N2O2/c1-3-6-14(2)11-9-12(5-4-10(11)13)15-7-8-16-12/h10-11H,3-9,13H2,1-2H3. The number of ether oxygens (including phenoxy) is 2. The molecule has 1 aliphatic carbocycles. The largest absolute Gasteiger partial charge is 0.347 e. The average Bonchev–Trinajstić information content (AvgIpc) is 2.71. The molecular weight excluding hydrogens is 204 g/mol. The summed E-state index contributed by atoms with van der Waals surface area (Å²) in [5.41, 5.74) is 6.21. The summed E-state index contributed by atoms with van der Waals surface area (Å²) in [6.45, 7) is 4.76. The molecule has 1 saturated carbocycles. The van der Waals surface area contributed by atoms with Crippen LogP contribution in [0.1, 0.15) is 32.6 Å². The zero-order chi connectivity index (χ0) is 11.6. The molecule has 0 aromatic rings. The van der Waals surface area contributed by atoms with Gasteiger partial charge in [-0.15, -0.1) is 0 Å². The summed E-state index contributed by atoms with van der Waals surface area (Å²) >= 11 is 0. The van der Waals surface area contributed by atoms with Gasteiger partial charge in [0.25, 0.3) is 0 Å². The van der Waals surface area contributed by atoms with Crippen LogP contribution in [0.3, 0.4) is 0 Å². The highest BCUT2D eigenvalue weighted by Gasteiger charge is 2.45. The van der Waals surface area contributed by atoms with Gasteiger partial charge in [-0.25, -0.2) is 0 Å². The Morgan fingerprint density at radius 3 is 2.69 bits per heavy atom. The third-order valence-electron chi connectivity index (χ3n) is 3.83. The zero-order valence-corrected chi connectivity index (χ0v) is 10.4. The number of rotatable bonds is 3. The van der Waals surface area contributed by atoms with Crippen molar-refractivity contribution in [2.75, 3.05) is 26.8 Å². The van der Waals surface area contributed by atoms with E-state index in [0.29, 0.717) is 6.04 Å². The van der Waals surface area contributed by atoms with E-state index in [0.717, 1.165) is 45.4 Å². The van der Waals surface area contributed by atoms with Crippen LogP contribution in [0.15, 0.2) is 0 Å². The molecule has 0 aromatic heterocycles. The normalized spacial score (nSPS) is 33.8. The van der Waals surface area contributed by atoms with Gasteiger partial charge in [0.2, 0.25) is 0 Å². The molecule has 4 nitrogen and oxygen atoms in total. The first-order valence-electron chi connectivity index (χ1n) is 6.40. The lowest BCUT2D eigenvalue weighted by Crippen LogP contribution is -2.55. The van der Waals surface area contributed by atoms with E-state index >= 15 is 0 Å². The molecule has 4 heteroatoms. The fraction of sp³-hybridized carbons (Fsp3) is 1.00. The van der Waals surface area contributed by atoms with Crippen molar-refractivity contribution in [2.24, 2.45) is 5.73 Å². The number of nitrogens with zero attached hydrogens (tertiary/aromatic N) is 1. The maximum absolute atomic E-state index is 6.21. The highest BCUT2D eigenvalue weighted by molar-refractivity contribution is 4.94.